The molecule has 2 rings (SSSR count). The molecular weight excluding hydrogens is 306 g/mol. The quantitative estimate of drug-likeness (QED) is 0.794. The molecule has 0 aliphatic heterocycles. The minimum atomic E-state index is -0.526. The summed E-state index contributed by atoms with van der Waals surface area (Å²) in [5, 5.41) is 2.80. The normalized spacial score (nSPS) is 11.6. The summed E-state index contributed by atoms with van der Waals surface area (Å²) in [5.74, 6) is -0.864. The molecule has 0 bridgehead atoms. The Balaban J connectivity index is 1.81. The zero-order valence-electron chi connectivity index (χ0n) is 13.8. The number of hydrogen-bond acceptors (Lipinski definition) is 4. The highest BCUT2D eigenvalue weighted by Gasteiger charge is 2.13. The summed E-state index contributed by atoms with van der Waals surface area (Å²) in [5.41, 5.74) is 2.35. The van der Waals surface area contributed by atoms with Crippen molar-refractivity contribution in [2.45, 2.75) is 19.6 Å². The molecule has 0 aliphatic rings. The molecule has 5 nitrogen and oxygen atoms in total. The molecule has 0 aromatic heterocycles. The number of benzene rings is 2. The molecule has 1 atom stereocenters. The van der Waals surface area contributed by atoms with Gasteiger partial charge >= 0.3 is 5.97 Å². The second-order valence-electron chi connectivity index (χ2n) is 5.41. The third-order valence-corrected chi connectivity index (χ3v) is 3.51. The van der Waals surface area contributed by atoms with Crippen molar-refractivity contribution in [2.24, 2.45) is 0 Å². The van der Waals surface area contributed by atoms with Gasteiger partial charge in [-0.05, 0) is 30.2 Å². The van der Waals surface area contributed by atoms with Gasteiger partial charge in [0.05, 0.1) is 18.2 Å². The molecule has 2 aromatic rings. The van der Waals surface area contributed by atoms with Crippen molar-refractivity contribution >= 4 is 11.9 Å². The molecule has 0 aliphatic carbocycles. The molecule has 0 spiro atoms. The van der Waals surface area contributed by atoms with E-state index in [4.69, 9.17) is 9.47 Å². The third kappa shape index (κ3) is 5.21. The Hall–Kier alpha value is -2.66. The van der Waals surface area contributed by atoms with Gasteiger partial charge in [-0.2, -0.15) is 0 Å². The van der Waals surface area contributed by atoms with E-state index >= 15 is 0 Å². The van der Waals surface area contributed by atoms with Crippen LogP contribution < -0.4 is 5.32 Å². The van der Waals surface area contributed by atoms with Crippen LogP contribution >= 0.6 is 0 Å². The van der Waals surface area contributed by atoms with Gasteiger partial charge in [0.15, 0.2) is 6.61 Å². The maximum Gasteiger partial charge on any atom is 0.338 e. The zero-order valence-corrected chi connectivity index (χ0v) is 13.8. The Bertz CT molecular complexity index is 668. The maximum absolute atomic E-state index is 11.9. The van der Waals surface area contributed by atoms with Crippen LogP contribution in [0.3, 0.4) is 0 Å². The lowest BCUT2D eigenvalue weighted by atomic mass is 10.1. The molecule has 2 aromatic carbocycles. The number of methoxy groups -OCH3 is 1. The van der Waals surface area contributed by atoms with Gasteiger partial charge < -0.3 is 14.8 Å². The summed E-state index contributed by atoms with van der Waals surface area (Å²) in [6.45, 7) is 2.05. The fourth-order valence-corrected chi connectivity index (χ4v) is 2.23. The molecule has 5 heteroatoms. The van der Waals surface area contributed by atoms with Gasteiger partial charge in [-0.25, -0.2) is 4.79 Å². The Morgan fingerprint density at radius 3 is 2.33 bits per heavy atom. The predicted octanol–water partition coefficient (Wildman–Crippen LogP) is 2.87. The third-order valence-electron chi connectivity index (χ3n) is 3.51. The first-order valence-corrected chi connectivity index (χ1v) is 7.69. The Morgan fingerprint density at radius 2 is 1.71 bits per heavy atom. The maximum atomic E-state index is 11.9. The fourth-order valence-electron chi connectivity index (χ4n) is 2.23. The smallest absolute Gasteiger partial charge is 0.338 e. The molecule has 24 heavy (non-hydrogen) atoms. The summed E-state index contributed by atoms with van der Waals surface area (Å²) < 4.78 is 10.1. The zero-order chi connectivity index (χ0) is 17.4. The average Bonchev–Trinajstić information content (AvgIpc) is 2.61. The minimum Gasteiger partial charge on any atom is -0.452 e. The molecule has 126 valence electrons. The Kier molecular flexibility index (Phi) is 6.51. The number of nitrogens with one attached hydrogen (secondary N) is 1. The summed E-state index contributed by atoms with van der Waals surface area (Å²) in [6, 6.07) is 16.3. The Labute approximate surface area is 141 Å². The first kappa shape index (κ1) is 17.7. The van der Waals surface area contributed by atoms with Crippen LogP contribution in [0.25, 0.3) is 0 Å². The molecule has 0 heterocycles. The Morgan fingerprint density at radius 1 is 1.04 bits per heavy atom. The summed E-state index contributed by atoms with van der Waals surface area (Å²) in [4.78, 5) is 23.8. The van der Waals surface area contributed by atoms with E-state index in [9.17, 15) is 9.59 Å². The van der Waals surface area contributed by atoms with Crippen molar-refractivity contribution in [3.8, 4) is 0 Å². The molecule has 0 unspecified atom stereocenters. The minimum absolute atomic E-state index is 0.147. The van der Waals surface area contributed by atoms with Gasteiger partial charge in [0.25, 0.3) is 5.91 Å². The molecule has 1 amide bonds. The van der Waals surface area contributed by atoms with E-state index in [2.05, 4.69) is 5.32 Å². The van der Waals surface area contributed by atoms with Crippen LogP contribution in [0.5, 0.6) is 0 Å². The molecule has 1 N–H and O–H groups in total. The van der Waals surface area contributed by atoms with Crippen LogP contribution in [0, 0.1) is 0 Å². The first-order chi connectivity index (χ1) is 11.6. The van der Waals surface area contributed by atoms with E-state index in [1.165, 1.54) is 0 Å². The molecule has 0 radical (unpaired) electrons. The fraction of sp³-hybridized carbons (Fsp3) is 0.263. The number of carbonyl (C=O) groups excluding carboxylic acids is 2. The lowest BCUT2D eigenvalue weighted by Crippen LogP contribution is -2.31. The van der Waals surface area contributed by atoms with Crippen LogP contribution in [0.2, 0.25) is 0 Å². The van der Waals surface area contributed by atoms with Gasteiger partial charge in [-0.3, -0.25) is 4.79 Å². The van der Waals surface area contributed by atoms with E-state index in [-0.39, 0.29) is 18.6 Å². The first-order valence-electron chi connectivity index (χ1n) is 7.69. The largest absolute Gasteiger partial charge is 0.452 e. The van der Waals surface area contributed by atoms with Crippen LogP contribution in [-0.4, -0.2) is 25.6 Å². The SMILES string of the molecule is COCc1ccc(C(=O)OCC(=O)N[C@H](C)c2ccccc2)cc1. The monoisotopic (exact) mass is 327 g/mol. The summed E-state index contributed by atoms with van der Waals surface area (Å²) >= 11 is 0. The second-order valence-corrected chi connectivity index (χ2v) is 5.41. The van der Waals surface area contributed by atoms with Crippen molar-refractivity contribution in [3.05, 3.63) is 71.3 Å². The average molecular weight is 327 g/mol. The number of ether oxygens (including phenoxy) is 2. The lowest BCUT2D eigenvalue weighted by Gasteiger charge is -2.14. The van der Waals surface area contributed by atoms with Gasteiger partial charge in [-0.1, -0.05) is 42.5 Å². The van der Waals surface area contributed by atoms with Crippen LogP contribution in [0.15, 0.2) is 54.6 Å². The van der Waals surface area contributed by atoms with E-state index in [0.717, 1.165) is 11.1 Å². The van der Waals surface area contributed by atoms with Crippen molar-refractivity contribution in [1.29, 1.82) is 0 Å². The standard InChI is InChI=1S/C19H21NO4/c1-14(16-6-4-3-5-7-16)20-18(21)13-24-19(22)17-10-8-15(9-11-17)12-23-2/h3-11,14H,12-13H2,1-2H3,(H,20,21)/t14-/m1/s1. The summed E-state index contributed by atoms with van der Waals surface area (Å²) in [7, 11) is 1.61. The van der Waals surface area contributed by atoms with E-state index < -0.39 is 5.97 Å². The van der Waals surface area contributed by atoms with Crippen molar-refractivity contribution in [1.82, 2.24) is 5.32 Å². The highest BCUT2D eigenvalue weighted by molar-refractivity contribution is 5.91. The molecule has 0 saturated carbocycles. The van der Waals surface area contributed by atoms with Crippen molar-refractivity contribution in [2.75, 3.05) is 13.7 Å². The number of carbonyl (C=O) groups is 2. The topological polar surface area (TPSA) is 64.6 Å². The number of hydrogen-bond donors (Lipinski definition) is 1. The molecular formula is C19H21NO4. The van der Waals surface area contributed by atoms with Gasteiger partial charge in [-0.15, -0.1) is 0 Å². The van der Waals surface area contributed by atoms with Crippen LogP contribution in [0.1, 0.15) is 34.5 Å². The van der Waals surface area contributed by atoms with Gasteiger partial charge in [0.2, 0.25) is 0 Å². The number of esters is 1. The van der Waals surface area contributed by atoms with Crippen molar-refractivity contribution < 1.29 is 19.1 Å². The highest BCUT2D eigenvalue weighted by atomic mass is 16.5. The van der Waals surface area contributed by atoms with Gasteiger partial charge in [0.1, 0.15) is 0 Å². The number of rotatable bonds is 7. The number of amides is 1. The van der Waals surface area contributed by atoms with E-state index in [0.29, 0.717) is 12.2 Å². The van der Waals surface area contributed by atoms with Crippen LogP contribution in [0.4, 0.5) is 0 Å². The van der Waals surface area contributed by atoms with Crippen LogP contribution in [-0.2, 0) is 20.9 Å². The molecule has 0 saturated heterocycles. The van der Waals surface area contributed by atoms with E-state index in [1.807, 2.05) is 37.3 Å². The lowest BCUT2D eigenvalue weighted by molar-refractivity contribution is -0.124. The van der Waals surface area contributed by atoms with Gasteiger partial charge in [0, 0.05) is 7.11 Å². The molecule has 0 fully saturated rings. The highest BCUT2D eigenvalue weighted by Crippen LogP contribution is 2.11. The summed E-state index contributed by atoms with van der Waals surface area (Å²) in [6.07, 6.45) is 0. The second kappa shape index (κ2) is 8.84. The predicted molar refractivity (Wildman–Crippen MR) is 90.4 cm³/mol. The van der Waals surface area contributed by atoms with E-state index in [1.54, 1.807) is 31.4 Å². The van der Waals surface area contributed by atoms with Crippen molar-refractivity contribution in [3.63, 3.8) is 0 Å².